The van der Waals surface area contributed by atoms with Crippen LogP contribution in [0.3, 0.4) is 0 Å². The number of pyridine rings is 1. The first-order chi connectivity index (χ1) is 16.5. The highest BCUT2D eigenvalue weighted by atomic mass is 35.5. The molecule has 0 radical (unpaired) electrons. The van der Waals surface area contributed by atoms with Crippen LogP contribution in [0.2, 0.25) is 5.02 Å². The molecule has 0 spiro atoms. The van der Waals surface area contributed by atoms with Crippen molar-refractivity contribution >= 4 is 45.5 Å². The molecule has 1 aliphatic heterocycles. The molecule has 3 aromatic carbocycles. The molecule has 0 aliphatic carbocycles. The van der Waals surface area contributed by atoms with Crippen LogP contribution in [-0.4, -0.2) is 27.9 Å². The Hall–Kier alpha value is -3.55. The zero-order valence-corrected chi connectivity index (χ0v) is 19.8. The van der Waals surface area contributed by atoms with E-state index in [-0.39, 0.29) is 11.4 Å². The first-order valence-corrected chi connectivity index (χ1v) is 11.5. The zero-order valence-electron chi connectivity index (χ0n) is 18.2. The van der Waals surface area contributed by atoms with Gasteiger partial charge in [0.15, 0.2) is 5.11 Å². The van der Waals surface area contributed by atoms with E-state index >= 15 is 0 Å². The minimum absolute atomic E-state index is 0.281. The van der Waals surface area contributed by atoms with Crippen molar-refractivity contribution < 1.29 is 4.39 Å². The molecule has 0 fully saturated rings. The van der Waals surface area contributed by atoms with E-state index < -0.39 is 6.04 Å². The summed E-state index contributed by atoms with van der Waals surface area (Å²) in [5, 5.41) is 10.9. The molecule has 0 saturated carbocycles. The quantitative estimate of drug-likeness (QED) is 0.365. The van der Waals surface area contributed by atoms with Crippen molar-refractivity contribution in [1.82, 2.24) is 15.3 Å². The summed E-state index contributed by atoms with van der Waals surface area (Å²) in [6, 6.07) is 21.0. The third-order valence-electron chi connectivity index (χ3n) is 5.92. The predicted octanol–water partition coefficient (Wildman–Crippen LogP) is 5.64. The van der Waals surface area contributed by atoms with Crippen LogP contribution >= 0.6 is 23.8 Å². The summed E-state index contributed by atoms with van der Waals surface area (Å²) in [5.74, 6) is -0.352. The minimum atomic E-state index is -0.491. The molecule has 170 valence electrons. The number of nitrogens with one attached hydrogen (secondary N) is 2. The molecule has 0 amide bonds. The Balaban J connectivity index is 1.76. The van der Waals surface area contributed by atoms with E-state index in [9.17, 15) is 9.18 Å². The topological polar surface area (TPSA) is 60.5 Å². The monoisotopic (exact) mass is 490 g/mol. The Bertz CT molecular complexity index is 1500. The second kappa shape index (κ2) is 9.00. The zero-order chi connectivity index (χ0) is 23.8. The molecule has 0 saturated heterocycles. The van der Waals surface area contributed by atoms with Crippen molar-refractivity contribution in [3.8, 4) is 11.1 Å². The van der Waals surface area contributed by atoms with Crippen LogP contribution in [0.1, 0.15) is 23.6 Å². The molecule has 5 rings (SSSR count). The maximum atomic E-state index is 14.8. The summed E-state index contributed by atoms with van der Waals surface area (Å²) in [5.41, 5.74) is 3.37. The third kappa shape index (κ3) is 3.87. The van der Waals surface area contributed by atoms with Gasteiger partial charge in [-0.2, -0.15) is 5.10 Å². The average molecular weight is 491 g/mol. The van der Waals surface area contributed by atoms with E-state index in [4.69, 9.17) is 28.9 Å². The molecule has 4 aromatic rings. The number of fused-ring (bicyclic) bond motifs is 1. The molecule has 8 heteroatoms. The van der Waals surface area contributed by atoms with Crippen LogP contribution in [-0.2, 0) is 0 Å². The average Bonchev–Trinajstić information content (AvgIpc) is 3.28. The molecule has 2 heterocycles. The molecule has 0 bridgehead atoms. The lowest BCUT2D eigenvalue weighted by Gasteiger charge is -2.24. The lowest BCUT2D eigenvalue weighted by Crippen LogP contribution is -2.34. The fourth-order valence-corrected chi connectivity index (χ4v) is 4.74. The van der Waals surface area contributed by atoms with Crippen LogP contribution in [0, 0.1) is 5.82 Å². The van der Waals surface area contributed by atoms with E-state index in [0.29, 0.717) is 38.9 Å². The summed E-state index contributed by atoms with van der Waals surface area (Å²) >= 11 is 11.8. The van der Waals surface area contributed by atoms with Gasteiger partial charge in [0.05, 0.1) is 17.3 Å². The maximum absolute atomic E-state index is 14.8. The van der Waals surface area contributed by atoms with Crippen LogP contribution in [0.25, 0.3) is 22.0 Å². The number of hydrogen-bond acceptors (Lipinski definition) is 3. The Morgan fingerprint density at radius 3 is 2.59 bits per heavy atom. The van der Waals surface area contributed by atoms with Gasteiger partial charge in [-0.25, -0.2) is 9.40 Å². The summed E-state index contributed by atoms with van der Waals surface area (Å²) in [6.45, 7) is 0. The molecule has 34 heavy (non-hydrogen) atoms. The molecule has 1 unspecified atom stereocenters. The third-order valence-corrected chi connectivity index (χ3v) is 6.55. The normalized spacial score (nSPS) is 15.4. The maximum Gasteiger partial charge on any atom is 0.258 e. The summed E-state index contributed by atoms with van der Waals surface area (Å²) in [4.78, 5) is 16.4. The van der Waals surface area contributed by atoms with Crippen molar-refractivity contribution in [3.63, 3.8) is 0 Å². The number of benzene rings is 3. The van der Waals surface area contributed by atoms with Crippen molar-refractivity contribution in [1.29, 1.82) is 0 Å². The molecular weight excluding hydrogens is 471 g/mol. The summed E-state index contributed by atoms with van der Waals surface area (Å²) in [7, 11) is 1.69. The van der Waals surface area contributed by atoms with Crippen molar-refractivity contribution in [3.05, 3.63) is 105 Å². The van der Waals surface area contributed by atoms with Gasteiger partial charge >= 0.3 is 0 Å². The summed E-state index contributed by atoms with van der Waals surface area (Å²) < 4.78 is 14.8. The predicted molar refractivity (Wildman–Crippen MR) is 139 cm³/mol. The number of aromatic nitrogens is 1. The van der Waals surface area contributed by atoms with Gasteiger partial charge in [0.2, 0.25) is 0 Å². The Morgan fingerprint density at radius 1 is 1.12 bits per heavy atom. The number of thiocarbonyl (C=S) groups is 1. The van der Waals surface area contributed by atoms with Crippen molar-refractivity contribution in [2.75, 3.05) is 7.05 Å². The Labute approximate surface area is 205 Å². The molecular formula is C26H20ClFN4OS. The van der Waals surface area contributed by atoms with E-state index in [2.05, 4.69) is 10.3 Å². The number of aromatic amines is 1. The number of hydrogen-bond donors (Lipinski definition) is 2. The van der Waals surface area contributed by atoms with Crippen LogP contribution in [0.5, 0.6) is 0 Å². The van der Waals surface area contributed by atoms with Gasteiger partial charge in [-0.3, -0.25) is 4.79 Å². The van der Waals surface area contributed by atoms with Crippen LogP contribution in [0.4, 0.5) is 4.39 Å². The fourth-order valence-electron chi connectivity index (χ4n) is 4.40. The number of nitrogens with zero attached hydrogens (tertiary/aromatic N) is 2. The number of hydrazone groups is 1. The highest BCUT2D eigenvalue weighted by molar-refractivity contribution is 7.80. The molecule has 1 aliphatic rings. The molecule has 5 nitrogen and oxygen atoms in total. The van der Waals surface area contributed by atoms with E-state index in [0.717, 1.165) is 16.5 Å². The van der Waals surface area contributed by atoms with Gasteiger partial charge in [0.1, 0.15) is 5.82 Å². The van der Waals surface area contributed by atoms with Gasteiger partial charge < -0.3 is 10.3 Å². The minimum Gasteiger partial charge on any atom is -0.364 e. The molecule has 1 atom stereocenters. The van der Waals surface area contributed by atoms with E-state index in [1.165, 1.54) is 6.07 Å². The van der Waals surface area contributed by atoms with Gasteiger partial charge in [0, 0.05) is 40.5 Å². The van der Waals surface area contributed by atoms with Crippen LogP contribution < -0.4 is 10.9 Å². The fraction of sp³-hybridized carbons (Fsp3) is 0.115. The number of rotatable bonds is 3. The van der Waals surface area contributed by atoms with Gasteiger partial charge in [-0.15, -0.1) is 0 Å². The smallest absolute Gasteiger partial charge is 0.258 e. The SMILES string of the molecule is CNC(=S)N1N=C(c2c(-c3ccccc3)c3cc(Cl)ccc3[nH]c2=O)CC1c1ccccc1F. The Morgan fingerprint density at radius 2 is 1.85 bits per heavy atom. The van der Waals surface area contributed by atoms with Crippen LogP contribution in [0.15, 0.2) is 82.7 Å². The molecule has 2 N–H and O–H groups in total. The van der Waals surface area contributed by atoms with Gasteiger partial charge in [-0.05, 0) is 42.0 Å². The lowest BCUT2D eigenvalue weighted by molar-refractivity contribution is 0.356. The second-order valence-corrected chi connectivity index (χ2v) is 8.77. The Kier molecular flexibility index (Phi) is 5.89. The van der Waals surface area contributed by atoms with Gasteiger partial charge in [0.25, 0.3) is 5.56 Å². The first kappa shape index (κ1) is 22.3. The highest BCUT2D eigenvalue weighted by Gasteiger charge is 2.35. The van der Waals surface area contributed by atoms with E-state index in [1.807, 2.05) is 36.4 Å². The van der Waals surface area contributed by atoms with Crippen molar-refractivity contribution in [2.24, 2.45) is 5.10 Å². The number of H-pyrrole nitrogens is 1. The standard InChI is InChI=1S/C26H20ClFN4OS/c1-29-26(34)32-22(17-9-5-6-10-19(17)28)14-21(31-32)24-23(15-7-3-2-4-8-15)18-13-16(27)11-12-20(18)30-25(24)33/h2-13,22H,14H2,1H3,(H,29,34)(H,30,33). The summed E-state index contributed by atoms with van der Waals surface area (Å²) in [6.07, 6.45) is 0.303. The van der Waals surface area contributed by atoms with E-state index in [1.54, 1.807) is 42.4 Å². The first-order valence-electron chi connectivity index (χ1n) is 10.7. The largest absolute Gasteiger partial charge is 0.364 e. The van der Waals surface area contributed by atoms with Crippen molar-refractivity contribution in [2.45, 2.75) is 12.5 Å². The highest BCUT2D eigenvalue weighted by Crippen LogP contribution is 2.38. The van der Waals surface area contributed by atoms with Gasteiger partial charge in [-0.1, -0.05) is 60.1 Å². The number of halogens is 2. The molecule has 1 aromatic heterocycles. The lowest BCUT2D eigenvalue weighted by atomic mass is 9.91. The second-order valence-electron chi connectivity index (χ2n) is 7.95.